The summed E-state index contributed by atoms with van der Waals surface area (Å²) in [7, 11) is 0. The summed E-state index contributed by atoms with van der Waals surface area (Å²) in [4.78, 5) is 43.5. The van der Waals surface area contributed by atoms with Crippen molar-refractivity contribution in [2.24, 2.45) is 0 Å². The van der Waals surface area contributed by atoms with E-state index in [-0.39, 0.29) is 24.3 Å². The van der Waals surface area contributed by atoms with Gasteiger partial charge in [0.25, 0.3) is 5.91 Å². The fourth-order valence-corrected chi connectivity index (χ4v) is 4.30. The summed E-state index contributed by atoms with van der Waals surface area (Å²) >= 11 is 6.00. The zero-order valence-electron chi connectivity index (χ0n) is 16.9. The van der Waals surface area contributed by atoms with Gasteiger partial charge in [-0.1, -0.05) is 23.7 Å². The first kappa shape index (κ1) is 20.7. The minimum Gasteiger partial charge on any atom is -0.378 e. The van der Waals surface area contributed by atoms with Gasteiger partial charge in [0.1, 0.15) is 0 Å². The average Bonchev–Trinajstić information content (AvgIpc) is 3.09. The number of nitrogens with one attached hydrogen (secondary N) is 1. The van der Waals surface area contributed by atoms with Gasteiger partial charge in [0.15, 0.2) is 0 Å². The Balaban J connectivity index is 1.52. The number of likely N-dealkylation sites (N-methyl/N-ethyl adjacent to an activating group) is 1. The molecule has 0 saturated carbocycles. The highest BCUT2D eigenvalue weighted by Gasteiger charge is 2.43. The molecule has 3 heterocycles. The van der Waals surface area contributed by atoms with E-state index in [0.29, 0.717) is 62.2 Å². The van der Waals surface area contributed by atoms with Crippen molar-refractivity contribution in [2.75, 3.05) is 45.9 Å². The Kier molecular flexibility index (Phi) is 5.97. The number of morpholine rings is 1. The summed E-state index contributed by atoms with van der Waals surface area (Å²) in [5, 5.41) is 3.53. The predicted octanol–water partition coefficient (Wildman–Crippen LogP) is 1.77. The molecule has 8 nitrogen and oxygen atoms in total. The van der Waals surface area contributed by atoms with Gasteiger partial charge in [-0.15, -0.1) is 0 Å². The van der Waals surface area contributed by atoms with E-state index in [1.807, 2.05) is 19.1 Å². The average molecular weight is 433 g/mol. The Hall–Kier alpha value is -2.58. The maximum absolute atomic E-state index is 13.3. The SMILES string of the molecule is CCN1C(=O)NC(c2ccc(Cl)cc2)C2=C1CN(CCC(=O)N1CCOCC1)C2=O. The van der Waals surface area contributed by atoms with Gasteiger partial charge in [-0.3, -0.25) is 14.5 Å². The van der Waals surface area contributed by atoms with Gasteiger partial charge in [0.05, 0.1) is 37.1 Å². The molecular weight excluding hydrogens is 408 g/mol. The van der Waals surface area contributed by atoms with E-state index in [2.05, 4.69) is 5.32 Å². The van der Waals surface area contributed by atoms with Gasteiger partial charge in [-0.25, -0.2) is 4.79 Å². The summed E-state index contributed by atoms with van der Waals surface area (Å²) < 4.78 is 5.29. The lowest BCUT2D eigenvalue weighted by atomic mass is 9.95. The van der Waals surface area contributed by atoms with E-state index in [1.165, 1.54) is 0 Å². The van der Waals surface area contributed by atoms with Crippen molar-refractivity contribution in [1.82, 2.24) is 20.0 Å². The van der Waals surface area contributed by atoms with Gasteiger partial charge in [-0.2, -0.15) is 0 Å². The number of carbonyl (C=O) groups is 3. The van der Waals surface area contributed by atoms with Gasteiger partial charge in [0.2, 0.25) is 5.91 Å². The largest absolute Gasteiger partial charge is 0.378 e. The molecule has 0 aromatic heterocycles. The van der Waals surface area contributed by atoms with Crippen molar-refractivity contribution < 1.29 is 19.1 Å². The van der Waals surface area contributed by atoms with Crippen LogP contribution >= 0.6 is 11.6 Å². The molecule has 0 aliphatic carbocycles. The molecule has 3 aliphatic rings. The zero-order chi connectivity index (χ0) is 21.3. The molecule has 1 fully saturated rings. The maximum atomic E-state index is 13.3. The fraction of sp³-hybridized carbons (Fsp3) is 0.476. The Morgan fingerprint density at radius 1 is 1.20 bits per heavy atom. The van der Waals surface area contributed by atoms with Crippen LogP contribution in [-0.2, 0) is 14.3 Å². The Morgan fingerprint density at radius 2 is 1.90 bits per heavy atom. The van der Waals surface area contributed by atoms with E-state index in [1.54, 1.807) is 26.8 Å². The van der Waals surface area contributed by atoms with Crippen LogP contribution in [0, 0.1) is 0 Å². The van der Waals surface area contributed by atoms with Crippen molar-refractivity contribution in [3.8, 4) is 0 Å². The van der Waals surface area contributed by atoms with Gasteiger partial charge >= 0.3 is 6.03 Å². The van der Waals surface area contributed by atoms with Crippen LogP contribution in [0.15, 0.2) is 35.5 Å². The van der Waals surface area contributed by atoms with Gasteiger partial charge in [-0.05, 0) is 24.6 Å². The first-order chi connectivity index (χ1) is 14.5. The molecular formula is C21H25ClN4O4. The van der Waals surface area contributed by atoms with Crippen molar-refractivity contribution in [1.29, 1.82) is 0 Å². The standard InChI is InChI=1S/C21H25ClN4O4/c1-2-26-16-13-25(8-7-17(27)24-9-11-30-12-10-24)20(28)18(16)19(23-21(26)29)14-3-5-15(22)6-4-14/h3-6,19H,2,7-13H2,1H3,(H,23,29). The third-order valence-electron chi connectivity index (χ3n) is 5.78. The van der Waals surface area contributed by atoms with Crippen molar-refractivity contribution in [2.45, 2.75) is 19.4 Å². The van der Waals surface area contributed by atoms with E-state index in [0.717, 1.165) is 5.56 Å². The molecule has 1 aromatic carbocycles. The first-order valence-electron chi connectivity index (χ1n) is 10.2. The van der Waals surface area contributed by atoms with Crippen LogP contribution in [0.3, 0.4) is 0 Å². The van der Waals surface area contributed by atoms with Crippen LogP contribution in [0.1, 0.15) is 24.9 Å². The van der Waals surface area contributed by atoms with Crippen LogP contribution in [0.25, 0.3) is 0 Å². The van der Waals surface area contributed by atoms with Crippen LogP contribution < -0.4 is 5.32 Å². The molecule has 0 spiro atoms. The molecule has 1 N–H and O–H groups in total. The number of ether oxygens (including phenoxy) is 1. The minimum atomic E-state index is -0.528. The van der Waals surface area contributed by atoms with Crippen LogP contribution in [-0.4, -0.2) is 78.5 Å². The van der Waals surface area contributed by atoms with E-state index in [9.17, 15) is 14.4 Å². The lowest BCUT2D eigenvalue weighted by Gasteiger charge is -2.32. The first-order valence-corrected chi connectivity index (χ1v) is 10.6. The maximum Gasteiger partial charge on any atom is 0.322 e. The molecule has 0 radical (unpaired) electrons. The number of hydrogen-bond acceptors (Lipinski definition) is 4. The molecule has 1 aromatic rings. The smallest absolute Gasteiger partial charge is 0.322 e. The molecule has 9 heteroatoms. The number of benzene rings is 1. The molecule has 1 atom stereocenters. The lowest BCUT2D eigenvalue weighted by molar-refractivity contribution is -0.136. The lowest BCUT2D eigenvalue weighted by Crippen LogP contribution is -2.47. The molecule has 1 unspecified atom stereocenters. The number of carbonyl (C=O) groups excluding carboxylic acids is 3. The van der Waals surface area contributed by atoms with Crippen LogP contribution in [0.5, 0.6) is 0 Å². The normalized spacial score (nSPS) is 21.8. The molecule has 160 valence electrons. The number of hydrogen-bond donors (Lipinski definition) is 1. The zero-order valence-corrected chi connectivity index (χ0v) is 17.7. The van der Waals surface area contributed by atoms with Crippen molar-refractivity contribution >= 4 is 29.4 Å². The molecule has 0 bridgehead atoms. The van der Waals surface area contributed by atoms with Gasteiger partial charge in [0, 0.05) is 37.6 Å². The second kappa shape index (κ2) is 8.65. The van der Waals surface area contributed by atoms with Crippen molar-refractivity contribution in [3.05, 3.63) is 46.1 Å². The second-order valence-electron chi connectivity index (χ2n) is 7.51. The highest BCUT2D eigenvalue weighted by atomic mass is 35.5. The predicted molar refractivity (Wildman–Crippen MR) is 111 cm³/mol. The topological polar surface area (TPSA) is 82.2 Å². The molecule has 4 rings (SSSR count). The number of halogens is 1. The highest BCUT2D eigenvalue weighted by Crippen LogP contribution is 2.36. The minimum absolute atomic E-state index is 0.0202. The second-order valence-corrected chi connectivity index (χ2v) is 7.94. The Morgan fingerprint density at radius 3 is 2.57 bits per heavy atom. The summed E-state index contributed by atoms with van der Waals surface area (Å²) in [6, 6.07) is 6.37. The Labute approximate surface area is 180 Å². The summed E-state index contributed by atoms with van der Waals surface area (Å²) in [6.07, 6.45) is 0.255. The number of rotatable bonds is 5. The molecule has 30 heavy (non-hydrogen) atoms. The number of amides is 4. The quantitative estimate of drug-likeness (QED) is 0.768. The summed E-state index contributed by atoms with van der Waals surface area (Å²) in [5.74, 6) is -0.120. The fourth-order valence-electron chi connectivity index (χ4n) is 4.17. The van der Waals surface area contributed by atoms with Gasteiger partial charge < -0.3 is 19.9 Å². The van der Waals surface area contributed by atoms with Crippen LogP contribution in [0.4, 0.5) is 4.79 Å². The summed E-state index contributed by atoms with van der Waals surface area (Å²) in [5.41, 5.74) is 2.08. The van der Waals surface area contributed by atoms with E-state index >= 15 is 0 Å². The third-order valence-corrected chi connectivity index (χ3v) is 6.03. The molecule has 3 aliphatic heterocycles. The monoisotopic (exact) mass is 432 g/mol. The highest BCUT2D eigenvalue weighted by molar-refractivity contribution is 6.30. The Bertz CT molecular complexity index is 879. The number of urea groups is 1. The number of nitrogens with zero attached hydrogens (tertiary/aromatic N) is 3. The molecule has 4 amide bonds. The van der Waals surface area contributed by atoms with Crippen molar-refractivity contribution in [3.63, 3.8) is 0 Å². The van der Waals surface area contributed by atoms with Crippen LogP contribution in [0.2, 0.25) is 5.02 Å². The molecule has 1 saturated heterocycles. The van der Waals surface area contributed by atoms with E-state index in [4.69, 9.17) is 16.3 Å². The van der Waals surface area contributed by atoms with E-state index < -0.39 is 6.04 Å². The third kappa shape index (κ3) is 3.89. The summed E-state index contributed by atoms with van der Waals surface area (Å²) in [6.45, 7) is 5.26.